The van der Waals surface area contributed by atoms with Gasteiger partial charge >= 0.3 is 0 Å². The lowest BCUT2D eigenvalue weighted by Crippen LogP contribution is -2.52. The second-order valence-electron chi connectivity index (χ2n) is 8.45. The SMILES string of the molecule is CCC(CC)C(CNC(=O)c1nn(-c2ccccc2)c(=O)c2ccccc12)N1CCOCC1. The first-order valence-corrected chi connectivity index (χ1v) is 11.8. The van der Waals surface area contributed by atoms with Crippen molar-refractivity contribution in [2.75, 3.05) is 32.8 Å². The fraction of sp³-hybridized carbons (Fsp3) is 0.423. The van der Waals surface area contributed by atoms with Crippen molar-refractivity contribution in [1.82, 2.24) is 20.0 Å². The summed E-state index contributed by atoms with van der Waals surface area (Å²) in [5.41, 5.74) is 0.654. The Hall–Kier alpha value is -3.03. The van der Waals surface area contributed by atoms with Gasteiger partial charge in [-0.3, -0.25) is 14.5 Å². The third-order valence-electron chi connectivity index (χ3n) is 6.60. The number of hydrogen-bond acceptors (Lipinski definition) is 5. The molecule has 3 aromatic rings. The van der Waals surface area contributed by atoms with Crippen LogP contribution in [-0.2, 0) is 4.74 Å². The molecule has 1 aliphatic heterocycles. The minimum atomic E-state index is -0.264. The Balaban J connectivity index is 1.66. The number of nitrogens with one attached hydrogen (secondary N) is 1. The molecule has 2 heterocycles. The normalized spacial score (nSPS) is 15.6. The molecule has 7 nitrogen and oxygen atoms in total. The van der Waals surface area contributed by atoms with E-state index in [1.165, 1.54) is 4.68 Å². The topological polar surface area (TPSA) is 76.5 Å². The molecule has 4 rings (SSSR count). The molecular formula is C26H32N4O3. The molecule has 1 aliphatic rings. The van der Waals surface area contributed by atoms with Gasteiger partial charge in [0.05, 0.1) is 24.3 Å². The average molecular weight is 449 g/mol. The first kappa shape index (κ1) is 23.1. The van der Waals surface area contributed by atoms with Crippen LogP contribution >= 0.6 is 0 Å². The lowest BCUT2D eigenvalue weighted by molar-refractivity contribution is 0.00190. The van der Waals surface area contributed by atoms with E-state index in [-0.39, 0.29) is 23.2 Å². The lowest BCUT2D eigenvalue weighted by atomic mass is 9.92. The van der Waals surface area contributed by atoms with Crippen LogP contribution in [0.1, 0.15) is 37.2 Å². The Morgan fingerprint density at radius 1 is 1.00 bits per heavy atom. The number of amides is 1. The Kier molecular flexibility index (Phi) is 7.52. The second kappa shape index (κ2) is 10.7. The summed E-state index contributed by atoms with van der Waals surface area (Å²) in [5.74, 6) is 0.214. The number of hydrogen-bond donors (Lipinski definition) is 1. The molecule has 2 aromatic carbocycles. The van der Waals surface area contributed by atoms with E-state index in [0.717, 1.165) is 39.1 Å². The highest BCUT2D eigenvalue weighted by molar-refractivity contribution is 6.04. The highest BCUT2D eigenvalue weighted by Gasteiger charge is 2.28. The quantitative estimate of drug-likeness (QED) is 0.573. The number of carbonyl (C=O) groups excluding carboxylic acids is 1. The van der Waals surface area contributed by atoms with Gasteiger partial charge in [0.2, 0.25) is 0 Å². The van der Waals surface area contributed by atoms with E-state index in [1.807, 2.05) is 42.5 Å². The van der Waals surface area contributed by atoms with Crippen molar-refractivity contribution in [1.29, 1.82) is 0 Å². The molecule has 1 atom stereocenters. The van der Waals surface area contributed by atoms with Gasteiger partial charge in [-0.25, -0.2) is 0 Å². The van der Waals surface area contributed by atoms with E-state index in [4.69, 9.17) is 4.74 Å². The first-order valence-electron chi connectivity index (χ1n) is 11.8. The van der Waals surface area contributed by atoms with Crippen LogP contribution in [0.3, 0.4) is 0 Å². The highest BCUT2D eigenvalue weighted by atomic mass is 16.5. The Labute approximate surface area is 194 Å². The van der Waals surface area contributed by atoms with Crippen LogP contribution in [0.25, 0.3) is 16.5 Å². The highest BCUT2D eigenvalue weighted by Crippen LogP contribution is 2.20. The number of benzene rings is 2. The summed E-state index contributed by atoms with van der Waals surface area (Å²) in [6.07, 6.45) is 2.10. The van der Waals surface area contributed by atoms with Gasteiger partial charge in [-0.2, -0.15) is 9.78 Å². The summed E-state index contributed by atoms with van der Waals surface area (Å²) in [6, 6.07) is 16.6. The largest absolute Gasteiger partial charge is 0.379 e. The second-order valence-corrected chi connectivity index (χ2v) is 8.45. The van der Waals surface area contributed by atoms with Crippen molar-refractivity contribution in [3.63, 3.8) is 0 Å². The summed E-state index contributed by atoms with van der Waals surface area (Å²) >= 11 is 0. The van der Waals surface area contributed by atoms with Crippen LogP contribution in [0.4, 0.5) is 0 Å². The number of rotatable bonds is 8. The molecule has 1 amide bonds. The molecule has 0 aliphatic carbocycles. The summed E-state index contributed by atoms with van der Waals surface area (Å²) in [5, 5.41) is 8.69. The minimum Gasteiger partial charge on any atom is -0.379 e. The van der Waals surface area contributed by atoms with Gasteiger partial charge in [-0.1, -0.05) is 63.1 Å². The molecule has 1 fully saturated rings. The van der Waals surface area contributed by atoms with Crippen LogP contribution in [-0.4, -0.2) is 59.5 Å². The predicted octanol–water partition coefficient (Wildman–Crippen LogP) is 3.25. The molecule has 33 heavy (non-hydrogen) atoms. The predicted molar refractivity (Wildman–Crippen MR) is 130 cm³/mol. The Morgan fingerprint density at radius 2 is 1.64 bits per heavy atom. The van der Waals surface area contributed by atoms with Crippen molar-refractivity contribution in [3.05, 3.63) is 70.6 Å². The standard InChI is InChI=1S/C26H32N4O3/c1-3-19(4-2)23(29-14-16-33-17-15-29)18-27-25(31)24-21-12-8-9-13-22(21)26(32)30(28-24)20-10-6-5-7-11-20/h5-13,19,23H,3-4,14-18H2,1-2H3,(H,27,31). The van der Waals surface area contributed by atoms with Gasteiger partial charge in [0.15, 0.2) is 5.69 Å². The van der Waals surface area contributed by atoms with Gasteiger partial charge < -0.3 is 10.1 Å². The van der Waals surface area contributed by atoms with Gasteiger partial charge in [0.1, 0.15) is 0 Å². The molecule has 1 unspecified atom stereocenters. The molecule has 1 N–H and O–H groups in total. The van der Waals surface area contributed by atoms with Crippen LogP contribution in [0.15, 0.2) is 59.4 Å². The lowest BCUT2D eigenvalue weighted by Gasteiger charge is -2.38. The number of aromatic nitrogens is 2. The zero-order valence-electron chi connectivity index (χ0n) is 19.4. The van der Waals surface area contributed by atoms with Gasteiger partial charge in [0.25, 0.3) is 11.5 Å². The molecule has 0 bridgehead atoms. The zero-order valence-corrected chi connectivity index (χ0v) is 19.4. The first-order chi connectivity index (χ1) is 16.1. The number of nitrogens with zero attached hydrogens (tertiary/aromatic N) is 3. The third-order valence-corrected chi connectivity index (χ3v) is 6.60. The molecule has 7 heteroatoms. The summed E-state index contributed by atoms with van der Waals surface area (Å²) < 4.78 is 6.85. The number of carbonyl (C=O) groups is 1. The van der Waals surface area contributed by atoms with E-state index in [1.54, 1.807) is 12.1 Å². The van der Waals surface area contributed by atoms with Crippen molar-refractivity contribution in [3.8, 4) is 5.69 Å². The number of para-hydroxylation sites is 1. The van der Waals surface area contributed by atoms with Crippen molar-refractivity contribution >= 4 is 16.7 Å². The molecule has 0 spiro atoms. The number of morpholine rings is 1. The Morgan fingerprint density at radius 3 is 2.30 bits per heavy atom. The van der Waals surface area contributed by atoms with Gasteiger partial charge in [-0.15, -0.1) is 0 Å². The molecule has 0 radical (unpaired) electrons. The fourth-order valence-corrected chi connectivity index (χ4v) is 4.72. The van der Waals surface area contributed by atoms with Gasteiger partial charge in [0, 0.05) is 31.1 Å². The number of fused-ring (bicyclic) bond motifs is 1. The third kappa shape index (κ3) is 4.99. The average Bonchev–Trinajstić information content (AvgIpc) is 2.88. The minimum absolute atomic E-state index is 0.235. The monoisotopic (exact) mass is 448 g/mol. The molecule has 174 valence electrons. The molecular weight excluding hydrogens is 416 g/mol. The smallest absolute Gasteiger partial charge is 0.279 e. The summed E-state index contributed by atoms with van der Waals surface area (Å²) in [7, 11) is 0. The Bertz CT molecular complexity index is 1140. The maximum absolute atomic E-state index is 13.4. The van der Waals surface area contributed by atoms with E-state index in [0.29, 0.717) is 28.9 Å². The maximum Gasteiger partial charge on any atom is 0.279 e. The van der Waals surface area contributed by atoms with Crippen LogP contribution in [0.2, 0.25) is 0 Å². The van der Waals surface area contributed by atoms with E-state index in [2.05, 4.69) is 29.2 Å². The van der Waals surface area contributed by atoms with Crippen LogP contribution in [0.5, 0.6) is 0 Å². The molecule has 1 aromatic heterocycles. The van der Waals surface area contributed by atoms with Gasteiger partial charge in [-0.05, 0) is 24.1 Å². The summed E-state index contributed by atoms with van der Waals surface area (Å²) in [6.45, 7) is 8.13. The van der Waals surface area contributed by atoms with Crippen LogP contribution < -0.4 is 10.9 Å². The fourth-order valence-electron chi connectivity index (χ4n) is 4.72. The van der Waals surface area contributed by atoms with E-state index < -0.39 is 0 Å². The van der Waals surface area contributed by atoms with Crippen molar-refractivity contribution in [2.45, 2.75) is 32.7 Å². The van der Waals surface area contributed by atoms with E-state index in [9.17, 15) is 9.59 Å². The molecule has 1 saturated heterocycles. The van der Waals surface area contributed by atoms with Crippen LogP contribution in [0, 0.1) is 5.92 Å². The van der Waals surface area contributed by atoms with E-state index >= 15 is 0 Å². The van der Waals surface area contributed by atoms with Crippen molar-refractivity contribution in [2.24, 2.45) is 5.92 Å². The number of ether oxygens (including phenoxy) is 1. The maximum atomic E-state index is 13.4. The van der Waals surface area contributed by atoms with Crippen molar-refractivity contribution < 1.29 is 9.53 Å². The zero-order chi connectivity index (χ0) is 23.2. The summed E-state index contributed by atoms with van der Waals surface area (Å²) in [4.78, 5) is 28.9. The molecule has 0 saturated carbocycles.